The highest BCUT2D eigenvalue weighted by Crippen LogP contribution is 2.34. The topological polar surface area (TPSA) is 12.0 Å². The maximum absolute atomic E-state index is 3.79. The first kappa shape index (κ1) is 11.7. The van der Waals surface area contributed by atoms with Crippen LogP contribution in [0.4, 0.5) is 0 Å². The average Bonchev–Trinajstić information content (AvgIpc) is 3.10. The standard InChI is InChI=1S/C15H23N/c1-11(2)15(14-7-5-4-6-8-14)16-12(3)13-9-10-13/h4-8,11-13,15-16H,9-10H2,1-3H3/t12-,15-/m0/s1. The third-order valence-electron chi connectivity index (χ3n) is 3.60. The first-order valence-corrected chi connectivity index (χ1v) is 6.49. The molecule has 1 heteroatoms. The molecule has 1 aromatic carbocycles. The Balaban J connectivity index is 2.05. The summed E-state index contributed by atoms with van der Waals surface area (Å²) in [7, 11) is 0. The predicted octanol–water partition coefficient (Wildman–Crippen LogP) is 3.77. The van der Waals surface area contributed by atoms with Crippen molar-refractivity contribution in [1.82, 2.24) is 5.32 Å². The van der Waals surface area contributed by atoms with Crippen LogP contribution in [0.3, 0.4) is 0 Å². The molecule has 1 N–H and O–H groups in total. The third kappa shape index (κ3) is 2.85. The van der Waals surface area contributed by atoms with E-state index in [1.54, 1.807) is 0 Å². The molecule has 2 rings (SSSR count). The average molecular weight is 217 g/mol. The lowest BCUT2D eigenvalue weighted by Crippen LogP contribution is -2.34. The zero-order valence-electron chi connectivity index (χ0n) is 10.6. The largest absolute Gasteiger partial charge is 0.307 e. The summed E-state index contributed by atoms with van der Waals surface area (Å²) in [5, 5.41) is 3.79. The first-order valence-electron chi connectivity index (χ1n) is 6.49. The summed E-state index contributed by atoms with van der Waals surface area (Å²) >= 11 is 0. The van der Waals surface area contributed by atoms with E-state index in [4.69, 9.17) is 0 Å². The molecule has 0 spiro atoms. The summed E-state index contributed by atoms with van der Waals surface area (Å²) < 4.78 is 0. The molecule has 0 heterocycles. The lowest BCUT2D eigenvalue weighted by Gasteiger charge is -2.27. The molecule has 1 fully saturated rings. The molecule has 0 amide bonds. The molecule has 88 valence electrons. The van der Waals surface area contributed by atoms with Gasteiger partial charge in [-0.3, -0.25) is 0 Å². The molecule has 0 saturated heterocycles. The van der Waals surface area contributed by atoms with Gasteiger partial charge in [-0.1, -0.05) is 44.2 Å². The molecule has 2 atom stereocenters. The minimum Gasteiger partial charge on any atom is -0.307 e. The van der Waals surface area contributed by atoms with Crippen LogP contribution in [0, 0.1) is 11.8 Å². The predicted molar refractivity (Wildman–Crippen MR) is 69.3 cm³/mol. The van der Waals surface area contributed by atoms with Crippen LogP contribution < -0.4 is 5.32 Å². The van der Waals surface area contributed by atoms with Gasteiger partial charge in [-0.15, -0.1) is 0 Å². The minimum absolute atomic E-state index is 0.497. The van der Waals surface area contributed by atoms with Crippen molar-refractivity contribution >= 4 is 0 Å². The van der Waals surface area contributed by atoms with Gasteiger partial charge in [0.2, 0.25) is 0 Å². The van der Waals surface area contributed by atoms with Gasteiger partial charge >= 0.3 is 0 Å². The SMILES string of the molecule is CC(C)[C@H](N[C@@H](C)C1CC1)c1ccccc1. The Morgan fingerprint density at radius 3 is 2.19 bits per heavy atom. The Kier molecular flexibility index (Phi) is 3.65. The van der Waals surface area contributed by atoms with E-state index in [0.29, 0.717) is 18.0 Å². The van der Waals surface area contributed by atoms with Gasteiger partial charge < -0.3 is 5.32 Å². The van der Waals surface area contributed by atoms with Crippen molar-refractivity contribution in [3.8, 4) is 0 Å². The van der Waals surface area contributed by atoms with Crippen LogP contribution in [-0.4, -0.2) is 6.04 Å². The van der Waals surface area contributed by atoms with Crippen molar-refractivity contribution in [2.24, 2.45) is 11.8 Å². The van der Waals surface area contributed by atoms with Gasteiger partial charge in [0, 0.05) is 12.1 Å². The van der Waals surface area contributed by atoms with Crippen molar-refractivity contribution in [2.45, 2.75) is 45.7 Å². The number of hydrogen-bond acceptors (Lipinski definition) is 1. The Morgan fingerprint density at radius 2 is 1.69 bits per heavy atom. The van der Waals surface area contributed by atoms with Crippen molar-refractivity contribution in [2.75, 3.05) is 0 Å². The normalized spacial score (nSPS) is 19.8. The van der Waals surface area contributed by atoms with Crippen LogP contribution in [0.2, 0.25) is 0 Å². The fourth-order valence-electron chi connectivity index (χ4n) is 2.35. The molecular formula is C15H23N. The smallest absolute Gasteiger partial charge is 0.0345 e. The van der Waals surface area contributed by atoms with Crippen LogP contribution in [0.15, 0.2) is 30.3 Å². The monoisotopic (exact) mass is 217 g/mol. The molecule has 16 heavy (non-hydrogen) atoms. The van der Waals surface area contributed by atoms with Gasteiger partial charge in [-0.25, -0.2) is 0 Å². The zero-order valence-corrected chi connectivity index (χ0v) is 10.6. The zero-order chi connectivity index (χ0) is 11.5. The highest BCUT2D eigenvalue weighted by molar-refractivity contribution is 5.19. The highest BCUT2D eigenvalue weighted by atomic mass is 15.0. The van der Waals surface area contributed by atoms with Crippen molar-refractivity contribution in [1.29, 1.82) is 0 Å². The Bertz CT molecular complexity index is 313. The fraction of sp³-hybridized carbons (Fsp3) is 0.600. The molecular weight excluding hydrogens is 194 g/mol. The second-order valence-electron chi connectivity index (χ2n) is 5.43. The van der Waals surface area contributed by atoms with Crippen molar-refractivity contribution in [3.05, 3.63) is 35.9 Å². The van der Waals surface area contributed by atoms with E-state index in [1.807, 2.05) is 0 Å². The molecule has 0 bridgehead atoms. The lowest BCUT2D eigenvalue weighted by atomic mass is 9.95. The maximum atomic E-state index is 3.79. The van der Waals surface area contributed by atoms with Crippen molar-refractivity contribution in [3.63, 3.8) is 0 Å². The Morgan fingerprint density at radius 1 is 1.06 bits per heavy atom. The van der Waals surface area contributed by atoms with E-state index in [1.165, 1.54) is 18.4 Å². The van der Waals surface area contributed by atoms with E-state index in [2.05, 4.69) is 56.4 Å². The number of rotatable bonds is 5. The van der Waals surface area contributed by atoms with Gasteiger partial charge in [0.05, 0.1) is 0 Å². The van der Waals surface area contributed by atoms with Crippen LogP contribution in [0.25, 0.3) is 0 Å². The summed E-state index contributed by atoms with van der Waals surface area (Å²) in [5.74, 6) is 1.56. The summed E-state index contributed by atoms with van der Waals surface area (Å²) in [6.07, 6.45) is 2.82. The maximum Gasteiger partial charge on any atom is 0.0345 e. The van der Waals surface area contributed by atoms with Crippen LogP contribution in [0.5, 0.6) is 0 Å². The van der Waals surface area contributed by atoms with Crippen molar-refractivity contribution < 1.29 is 0 Å². The Labute approximate surface area is 99.3 Å². The van der Waals surface area contributed by atoms with Gasteiger partial charge in [-0.2, -0.15) is 0 Å². The summed E-state index contributed by atoms with van der Waals surface area (Å²) in [5.41, 5.74) is 1.42. The molecule has 1 saturated carbocycles. The molecule has 1 aromatic rings. The van der Waals surface area contributed by atoms with Crippen LogP contribution in [0.1, 0.15) is 45.2 Å². The van der Waals surface area contributed by atoms with E-state index in [0.717, 1.165) is 5.92 Å². The molecule has 1 aliphatic carbocycles. The highest BCUT2D eigenvalue weighted by Gasteiger charge is 2.30. The molecule has 0 unspecified atom stereocenters. The van der Waals surface area contributed by atoms with Gasteiger partial charge in [0.1, 0.15) is 0 Å². The van der Waals surface area contributed by atoms with E-state index >= 15 is 0 Å². The summed E-state index contributed by atoms with van der Waals surface area (Å²) in [6, 6.07) is 12.0. The number of benzene rings is 1. The second kappa shape index (κ2) is 5.01. The fourth-order valence-corrected chi connectivity index (χ4v) is 2.35. The first-order chi connectivity index (χ1) is 7.68. The van der Waals surface area contributed by atoms with Crippen LogP contribution in [-0.2, 0) is 0 Å². The van der Waals surface area contributed by atoms with Crippen LogP contribution >= 0.6 is 0 Å². The van der Waals surface area contributed by atoms with E-state index in [9.17, 15) is 0 Å². The van der Waals surface area contributed by atoms with E-state index in [-0.39, 0.29) is 0 Å². The summed E-state index contributed by atoms with van der Waals surface area (Å²) in [4.78, 5) is 0. The van der Waals surface area contributed by atoms with Gasteiger partial charge in [0.15, 0.2) is 0 Å². The minimum atomic E-state index is 0.497. The lowest BCUT2D eigenvalue weighted by molar-refractivity contribution is 0.351. The third-order valence-corrected chi connectivity index (χ3v) is 3.60. The molecule has 0 radical (unpaired) electrons. The second-order valence-corrected chi connectivity index (χ2v) is 5.43. The summed E-state index contributed by atoms with van der Waals surface area (Å²) in [6.45, 7) is 6.92. The van der Waals surface area contributed by atoms with Gasteiger partial charge in [0.25, 0.3) is 0 Å². The number of nitrogens with one attached hydrogen (secondary N) is 1. The molecule has 1 aliphatic rings. The molecule has 0 aliphatic heterocycles. The quantitative estimate of drug-likeness (QED) is 0.791. The van der Waals surface area contributed by atoms with Gasteiger partial charge in [-0.05, 0) is 37.2 Å². The molecule has 0 aromatic heterocycles. The number of hydrogen-bond donors (Lipinski definition) is 1. The Hall–Kier alpha value is -0.820. The van der Waals surface area contributed by atoms with E-state index < -0.39 is 0 Å². The molecule has 1 nitrogen and oxygen atoms in total.